The number of fused-ring (bicyclic) bond motifs is 2. The van der Waals surface area contributed by atoms with Crippen LogP contribution in [0, 0.1) is 0 Å². The van der Waals surface area contributed by atoms with Gasteiger partial charge in [-0.2, -0.15) is 0 Å². The van der Waals surface area contributed by atoms with Gasteiger partial charge in [-0.15, -0.1) is 0 Å². The standard InChI is InChI=1S/C40H49N3O3/c1-3-4-5-6-7-8-9-10-14-27-35(44)41-28-19-24-31-30-22-15-17-25-33(30)42-38(31)36(29-20-12-11-13-21-29)37-39(45)32-23-16-18-26-34(32)43(2)40(37)46/h11-13,15-18,20-23,25-26,36,42,45H,3-10,14,19,24,27-28H2,1-2H3,(H,41,44). The van der Waals surface area contributed by atoms with E-state index in [9.17, 15) is 14.7 Å². The van der Waals surface area contributed by atoms with Gasteiger partial charge >= 0.3 is 0 Å². The number of rotatable bonds is 17. The Hall–Kier alpha value is -4.32. The number of hydrogen-bond donors (Lipinski definition) is 3. The SMILES string of the molecule is CCCCCCCCCCCC(=O)NCCCc1c(C(c2ccccc2)c2c(O)c3ccccc3n(C)c2=O)[nH]c2ccccc12. The number of nitrogens with zero attached hydrogens (tertiary/aromatic N) is 1. The van der Waals surface area contributed by atoms with Crippen molar-refractivity contribution in [1.29, 1.82) is 0 Å². The third-order valence-electron chi connectivity index (χ3n) is 9.30. The fraction of sp³-hybridized carbons (Fsp3) is 0.400. The summed E-state index contributed by atoms with van der Waals surface area (Å²) in [7, 11) is 1.76. The third-order valence-corrected chi connectivity index (χ3v) is 9.30. The Balaban J connectivity index is 1.33. The summed E-state index contributed by atoms with van der Waals surface area (Å²) in [6.07, 6.45) is 13.2. The molecule has 2 heterocycles. The van der Waals surface area contributed by atoms with Crippen molar-refractivity contribution in [2.75, 3.05) is 6.54 Å². The van der Waals surface area contributed by atoms with Crippen molar-refractivity contribution in [3.63, 3.8) is 0 Å². The van der Waals surface area contributed by atoms with E-state index < -0.39 is 5.92 Å². The number of H-pyrrole nitrogens is 1. The summed E-state index contributed by atoms with van der Waals surface area (Å²) in [5.41, 5.74) is 4.74. The lowest BCUT2D eigenvalue weighted by molar-refractivity contribution is -0.121. The van der Waals surface area contributed by atoms with E-state index in [4.69, 9.17) is 0 Å². The predicted octanol–water partition coefficient (Wildman–Crippen LogP) is 8.88. The number of nitrogens with one attached hydrogen (secondary N) is 2. The second-order valence-electron chi connectivity index (χ2n) is 12.6. The van der Waals surface area contributed by atoms with E-state index in [0.29, 0.717) is 29.4 Å². The largest absolute Gasteiger partial charge is 0.507 e. The molecular formula is C40H49N3O3. The molecule has 46 heavy (non-hydrogen) atoms. The fourth-order valence-corrected chi connectivity index (χ4v) is 6.80. The molecule has 5 rings (SSSR count). The molecule has 0 aliphatic carbocycles. The quantitative estimate of drug-likeness (QED) is 0.0909. The highest BCUT2D eigenvalue weighted by Gasteiger charge is 2.30. The van der Waals surface area contributed by atoms with Gasteiger partial charge in [-0.1, -0.05) is 119 Å². The number of unbranched alkanes of at least 4 members (excludes halogenated alkanes) is 8. The van der Waals surface area contributed by atoms with Gasteiger partial charge in [0, 0.05) is 42.0 Å². The van der Waals surface area contributed by atoms with Gasteiger partial charge in [0.15, 0.2) is 0 Å². The monoisotopic (exact) mass is 619 g/mol. The molecule has 1 atom stereocenters. The van der Waals surface area contributed by atoms with Gasteiger partial charge in [-0.3, -0.25) is 9.59 Å². The van der Waals surface area contributed by atoms with E-state index in [1.54, 1.807) is 11.6 Å². The van der Waals surface area contributed by atoms with Gasteiger partial charge in [0.1, 0.15) is 5.75 Å². The molecule has 0 saturated carbocycles. The van der Waals surface area contributed by atoms with Crippen molar-refractivity contribution in [3.05, 3.63) is 112 Å². The van der Waals surface area contributed by atoms with Crippen LogP contribution in [0.3, 0.4) is 0 Å². The van der Waals surface area contributed by atoms with E-state index in [1.807, 2.05) is 66.7 Å². The van der Waals surface area contributed by atoms with Crippen molar-refractivity contribution in [3.8, 4) is 5.75 Å². The van der Waals surface area contributed by atoms with Gasteiger partial charge in [0.05, 0.1) is 17.0 Å². The Morgan fingerprint density at radius 1 is 0.804 bits per heavy atom. The Kier molecular flexibility index (Phi) is 11.7. The lowest BCUT2D eigenvalue weighted by Gasteiger charge is -2.22. The minimum absolute atomic E-state index is 0.0147. The summed E-state index contributed by atoms with van der Waals surface area (Å²) in [6, 6.07) is 25.6. The maximum atomic E-state index is 14.0. The van der Waals surface area contributed by atoms with E-state index >= 15 is 0 Å². The molecule has 0 aliphatic heterocycles. The Morgan fingerprint density at radius 2 is 1.43 bits per heavy atom. The number of hydrogen-bond acceptors (Lipinski definition) is 3. The van der Waals surface area contributed by atoms with E-state index in [2.05, 4.69) is 29.4 Å². The average Bonchev–Trinajstić information content (AvgIpc) is 3.45. The summed E-state index contributed by atoms with van der Waals surface area (Å²) < 4.78 is 1.63. The van der Waals surface area contributed by atoms with Crippen molar-refractivity contribution >= 4 is 27.7 Å². The van der Waals surface area contributed by atoms with Crippen LogP contribution in [0.1, 0.15) is 106 Å². The summed E-state index contributed by atoms with van der Waals surface area (Å²) >= 11 is 0. The average molecular weight is 620 g/mol. The van der Waals surface area contributed by atoms with Crippen LogP contribution in [0.5, 0.6) is 5.75 Å². The van der Waals surface area contributed by atoms with Crippen molar-refractivity contribution in [1.82, 2.24) is 14.9 Å². The second kappa shape index (κ2) is 16.3. The number of aryl methyl sites for hydroxylation is 2. The highest BCUT2D eigenvalue weighted by atomic mass is 16.3. The molecule has 6 heteroatoms. The summed E-state index contributed by atoms with van der Waals surface area (Å²) in [6.45, 7) is 2.84. The Labute approximate surface area is 272 Å². The molecule has 2 aromatic heterocycles. The number of benzene rings is 3. The molecular weight excluding hydrogens is 570 g/mol. The molecule has 3 N–H and O–H groups in total. The van der Waals surface area contributed by atoms with Crippen LogP contribution in [-0.2, 0) is 18.3 Å². The number of pyridine rings is 1. The molecule has 0 bridgehead atoms. The first kappa shape index (κ1) is 33.1. The number of amides is 1. The van der Waals surface area contributed by atoms with Crippen LogP contribution in [0.4, 0.5) is 0 Å². The number of para-hydroxylation sites is 2. The van der Waals surface area contributed by atoms with Crippen LogP contribution >= 0.6 is 0 Å². The number of aromatic hydroxyl groups is 1. The molecule has 6 nitrogen and oxygen atoms in total. The normalized spacial score (nSPS) is 12.1. The van der Waals surface area contributed by atoms with Crippen molar-refractivity contribution in [2.45, 2.75) is 89.9 Å². The smallest absolute Gasteiger partial charge is 0.258 e. The second-order valence-corrected chi connectivity index (χ2v) is 12.6. The van der Waals surface area contributed by atoms with Crippen LogP contribution in [0.2, 0.25) is 0 Å². The number of aromatic nitrogens is 2. The minimum atomic E-state index is -0.506. The number of carbonyl (C=O) groups excluding carboxylic acids is 1. The first-order valence-corrected chi connectivity index (χ1v) is 17.2. The topological polar surface area (TPSA) is 87.1 Å². The van der Waals surface area contributed by atoms with E-state index in [0.717, 1.165) is 53.4 Å². The molecule has 0 saturated heterocycles. The van der Waals surface area contributed by atoms with Crippen LogP contribution < -0.4 is 10.9 Å². The highest BCUT2D eigenvalue weighted by Crippen LogP contribution is 2.41. The van der Waals surface area contributed by atoms with Gasteiger partial charge < -0.3 is 20.0 Å². The maximum absolute atomic E-state index is 14.0. The van der Waals surface area contributed by atoms with Gasteiger partial charge in [-0.05, 0) is 48.6 Å². The first-order valence-electron chi connectivity index (χ1n) is 17.2. The highest BCUT2D eigenvalue weighted by molar-refractivity contribution is 5.88. The number of carbonyl (C=O) groups is 1. The van der Waals surface area contributed by atoms with Crippen LogP contribution in [0.15, 0.2) is 83.7 Å². The van der Waals surface area contributed by atoms with Gasteiger partial charge in [0.2, 0.25) is 5.91 Å². The molecule has 3 aromatic carbocycles. The van der Waals surface area contributed by atoms with Gasteiger partial charge in [0.25, 0.3) is 5.56 Å². The first-order chi connectivity index (χ1) is 22.5. The molecule has 242 valence electrons. The Bertz CT molecular complexity index is 1790. The summed E-state index contributed by atoms with van der Waals surface area (Å²) in [5.74, 6) is -0.372. The lowest BCUT2D eigenvalue weighted by Crippen LogP contribution is -2.26. The van der Waals surface area contributed by atoms with Crippen LogP contribution in [0.25, 0.3) is 21.8 Å². The zero-order chi connectivity index (χ0) is 32.3. The minimum Gasteiger partial charge on any atom is -0.507 e. The molecule has 0 fully saturated rings. The summed E-state index contributed by atoms with van der Waals surface area (Å²) in [4.78, 5) is 30.2. The van der Waals surface area contributed by atoms with Crippen molar-refractivity contribution < 1.29 is 9.90 Å². The molecule has 5 aromatic rings. The van der Waals surface area contributed by atoms with E-state index in [1.165, 1.54) is 44.9 Å². The molecule has 0 aliphatic rings. The predicted molar refractivity (Wildman–Crippen MR) is 190 cm³/mol. The lowest BCUT2D eigenvalue weighted by atomic mass is 9.85. The van der Waals surface area contributed by atoms with Gasteiger partial charge in [-0.25, -0.2) is 0 Å². The summed E-state index contributed by atoms with van der Waals surface area (Å²) in [5, 5.41) is 16.6. The molecule has 0 spiro atoms. The zero-order valence-electron chi connectivity index (χ0n) is 27.5. The van der Waals surface area contributed by atoms with Crippen molar-refractivity contribution in [2.24, 2.45) is 7.05 Å². The van der Waals surface area contributed by atoms with E-state index in [-0.39, 0.29) is 17.2 Å². The maximum Gasteiger partial charge on any atom is 0.258 e. The number of aromatic amines is 1. The zero-order valence-corrected chi connectivity index (χ0v) is 27.5. The van der Waals surface area contributed by atoms with Crippen LogP contribution in [-0.4, -0.2) is 27.1 Å². The molecule has 1 amide bonds. The molecule has 0 radical (unpaired) electrons. The fourth-order valence-electron chi connectivity index (χ4n) is 6.80. The Morgan fingerprint density at radius 3 is 2.17 bits per heavy atom. The molecule has 1 unspecified atom stereocenters. The third kappa shape index (κ3) is 7.72.